The molecule has 1 aromatic heterocycles. The lowest BCUT2D eigenvalue weighted by molar-refractivity contribution is -0.385. The van der Waals surface area contributed by atoms with Crippen LogP contribution in [0.15, 0.2) is 47.4 Å². The number of nitro groups is 1. The number of sulfonamides is 1. The molecule has 1 saturated heterocycles. The second kappa shape index (κ2) is 10.9. The van der Waals surface area contributed by atoms with Crippen molar-refractivity contribution in [1.82, 2.24) is 19.8 Å². The molecular weight excluding hydrogens is 550 g/mol. The number of hydrogen-bond acceptors (Lipinski definition) is 8. The minimum absolute atomic E-state index is 0.0521. The Kier molecular flexibility index (Phi) is 7.58. The van der Waals surface area contributed by atoms with E-state index in [1.165, 1.54) is 10.7 Å². The summed E-state index contributed by atoms with van der Waals surface area (Å²) in [4.78, 5) is 23.4. The topological polar surface area (TPSA) is 155 Å². The molecular formula is C25H26ClN5O7S. The summed E-state index contributed by atoms with van der Waals surface area (Å²) in [6.07, 6.45) is 3.05. The summed E-state index contributed by atoms with van der Waals surface area (Å²) >= 11 is 6.20. The molecule has 14 heteroatoms. The smallest absolute Gasteiger partial charge is 0.272 e. The second-order valence-corrected chi connectivity index (χ2v) is 11.5. The molecule has 3 aromatic rings. The van der Waals surface area contributed by atoms with Crippen molar-refractivity contribution in [2.45, 2.75) is 49.6 Å². The molecule has 2 fully saturated rings. The van der Waals surface area contributed by atoms with Crippen LogP contribution in [0.1, 0.15) is 41.7 Å². The van der Waals surface area contributed by atoms with Gasteiger partial charge < -0.3 is 14.8 Å². The molecule has 0 spiro atoms. The number of nitrogens with one attached hydrogen (secondary N) is 2. The van der Waals surface area contributed by atoms with E-state index in [0.717, 1.165) is 25.0 Å². The quantitative estimate of drug-likeness (QED) is 0.272. The van der Waals surface area contributed by atoms with Gasteiger partial charge in [0.25, 0.3) is 11.6 Å². The Morgan fingerprint density at radius 3 is 2.72 bits per heavy atom. The number of rotatable bonds is 10. The van der Waals surface area contributed by atoms with Gasteiger partial charge in [-0.2, -0.15) is 9.78 Å². The molecule has 0 unspecified atom stereocenters. The molecule has 2 N–H and O–H groups in total. The van der Waals surface area contributed by atoms with E-state index in [1.54, 1.807) is 31.2 Å². The lowest BCUT2D eigenvalue weighted by Gasteiger charge is -2.14. The van der Waals surface area contributed by atoms with Gasteiger partial charge in [0.15, 0.2) is 5.69 Å². The van der Waals surface area contributed by atoms with Crippen LogP contribution in [-0.4, -0.2) is 54.3 Å². The predicted octanol–water partition coefficient (Wildman–Crippen LogP) is 3.88. The van der Waals surface area contributed by atoms with E-state index in [1.807, 2.05) is 0 Å². The largest absolute Gasteiger partial charge is 0.437 e. The van der Waals surface area contributed by atoms with Crippen LogP contribution in [-0.2, 0) is 14.8 Å². The predicted molar refractivity (Wildman–Crippen MR) is 141 cm³/mol. The van der Waals surface area contributed by atoms with Crippen molar-refractivity contribution in [2.75, 3.05) is 13.2 Å². The Morgan fingerprint density at radius 1 is 1.26 bits per heavy atom. The van der Waals surface area contributed by atoms with E-state index < -0.39 is 31.4 Å². The van der Waals surface area contributed by atoms with Crippen LogP contribution in [0.5, 0.6) is 11.6 Å². The van der Waals surface area contributed by atoms with E-state index in [0.29, 0.717) is 42.3 Å². The van der Waals surface area contributed by atoms with Gasteiger partial charge in [-0.25, -0.2) is 13.1 Å². The molecule has 206 valence electrons. The lowest BCUT2D eigenvalue weighted by Crippen LogP contribution is -2.32. The van der Waals surface area contributed by atoms with Gasteiger partial charge in [0, 0.05) is 41.9 Å². The van der Waals surface area contributed by atoms with Crippen molar-refractivity contribution in [3.8, 4) is 17.3 Å². The van der Waals surface area contributed by atoms with E-state index in [4.69, 9.17) is 21.1 Å². The minimum atomic E-state index is -4.15. The van der Waals surface area contributed by atoms with Crippen molar-refractivity contribution in [1.29, 1.82) is 0 Å². The summed E-state index contributed by atoms with van der Waals surface area (Å²) in [6.45, 7) is 2.58. The monoisotopic (exact) mass is 575 g/mol. The standard InChI is InChI=1S/C25H26ClN5O7S/c1-15-23(24(32)27-14-20-6-3-11-37-20)28-30(18-5-2-4-16(26)12-18)25(15)38-21-10-9-19(31(33)34)13-22(21)39(35,36)29-17-7-8-17/h2,4-5,9-10,12-13,17,20,29H,3,6-8,11,14H2,1H3,(H,27,32)/t20-/m0/s1. The molecule has 0 radical (unpaired) electrons. The maximum atomic E-state index is 13.1. The average molecular weight is 576 g/mol. The summed E-state index contributed by atoms with van der Waals surface area (Å²) in [7, 11) is -4.15. The van der Waals surface area contributed by atoms with E-state index >= 15 is 0 Å². The van der Waals surface area contributed by atoms with Gasteiger partial charge in [0.2, 0.25) is 15.9 Å². The first kappa shape index (κ1) is 27.1. The second-order valence-electron chi connectivity index (χ2n) is 9.40. The highest BCUT2D eigenvalue weighted by Gasteiger charge is 2.32. The average Bonchev–Trinajstić information content (AvgIpc) is 3.42. The number of carbonyl (C=O) groups is 1. The Hall–Kier alpha value is -3.52. The molecule has 2 aliphatic rings. The zero-order valence-corrected chi connectivity index (χ0v) is 22.5. The van der Waals surface area contributed by atoms with Gasteiger partial charge in [0.1, 0.15) is 10.6 Å². The molecule has 1 saturated carbocycles. The summed E-state index contributed by atoms with van der Waals surface area (Å²) in [6, 6.07) is 9.74. The fourth-order valence-corrected chi connectivity index (χ4v) is 5.82. The first-order valence-electron chi connectivity index (χ1n) is 12.4. The highest BCUT2D eigenvalue weighted by molar-refractivity contribution is 7.89. The van der Waals surface area contributed by atoms with E-state index in [-0.39, 0.29) is 29.5 Å². The fourth-order valence-electron chi connectivity index (χ4n) is 4.19. The molecule has 2 heterocycles. The van der Waals surface area contributed by atoms with Gasteiger partial charge in [-0.05, 0) is 56.9 Å². The maximum absolute atomic E-state index is 13.1. The third-order valence-electron chi connectivity index (χ3n) is 6.38. The number of carbonyl (C=O) groups excluding carboxylic acids is 1. The Labute approximate surface area is 229 Å². The molecule has 5 rings (SSSR count). The molecule has 1 amide bonds. The number of halogens is 1. The molecule has 1 atom stereocenters. The van der Waals surface area contributed by atoms with Crippen molar-refractivity contribution < 1.29 is 27.6 Å². The molecule has 39 heavy (non-hydrogen) atoms. The Bertz CT molecular complexity index is 1530. The molecule has 1 aliphatic carbocycles. The van der Waals surface area contributed by atoms with Crippen LogP contribution in [0, 0.1) is 17.0 Å². The van der Waals surface area contributed by atoms with E-state index in [2.05, 4.69) is 15.1 Å². The number of nitro benzene ring substituents is 1. The highest BCUT2D eigenvalue weighted by atomic mass is 35.5. The van der Waals surface area contributed by atoms with Gasteiger partial charge >= 0.3 is 0 Å². The molecule has 1 aliphatic heterocycles. The number of amides is 1. The van der Waals surface area contributed by atoms with Gasteiger partial charge in [-0.15, -0.1) is 0 Å². The van der Waals surface area contributed by atoms with Crippen molar-refractivity contribution >= 4 is 33.2 Å². The number of hydrogen-bond donors (Lipinski definition) is 2. The van der Waals surface area contributed by atoms with Crippen molar-refractivity contribution in [3.05, 3.63) is 68.9 Å². The zero-order chi connectivity index (χ0) is 27.7. The van der Waals surface area contributed by atoms with Crippen molar-refractivity contribution in [3.63, 3.8) is 0 Å². The van der Waals surface area contributed by atoms with Gasteiger partial charge in [-0.3, -0.25) is 14.9 Å². The minimum Gasteiger partial charge on any atom is -0.437 e. The van der Waals surface area contributed by atoms with Crippen LogP contribution >= 0.6 is 11.6 Å². The number of benzene rings is 2. The van der Waals surface area contributed by atoms with Crippen LogP contribution in [0.25, 0.3) is 5.69 Å². The lowest BCUT2D eigenvalue weighted by atomic mass is 10.2. The Morgan fingerprint density at radius 2 is 2.05 bits per heavy atom. The molecule has 0 bridgehead atoms. The SMILES string of the molecule is Cc1c(C(=O)NC[C@@H]2CCCO2)nn(-c2cccc(Cl)c2)c1Oc1ccc([N+](=O)[O-])cc1S(=O)(=O)NC1CC1. The third-order valence-corrected chi connectivity index (χ3v) is 8.16. The van der Waals surface area contributed by atoms with Crippen LogP contribution < -0.4 is 14.8 Å². The summed E-state index contributed by atoms with van der Waals surface area (Å²) in [5.41, 5.74) is 0.441. The molecule has 12 nitrogen and oxygen atoms in total. The number of nitrogens with zero attached hydrogens (tertiary/aromatic N) is 3. The summed E-state index contributed by atoms with van der Waals surface area (Å²) in [5.74, 6) is -0.567. The van der Waals surface area contributed by atoms with Gasteiger partial charge in [-0.1, -0.05) is 17.7 Å². The first-order chi connectivity index (χ1) is 18.6. The fraction of sp³-hybridized carbons (Fsp3) is 0.360. The number of aromatic nitrogens is 2. The zero-order valence-electron chi connectivity index (χ0n) is 20.9. The van der Waals surface area contributed by atoms with Crippen molar-refractivity contribution in [2.24, 2.45) is 0 Å². The van der Waals surface area contributed by atoms with E-state index in [9.17, 15) is 23.3 Å². The first-order valence-corrected chi connectivity index (χ1v) is 14.2. The van der Waals surface area contributed by atoms with Gasteiger partial charge in [0.05, 0.1) is 16.7 Å². The summed E-state index contributed by atoms with van der Waals surface area (Å²) < 4.78 is 41.8. The number of ether oxygens (including phenoxy) is 2. The summed E-state index contributed by atoms with van der Waals surface area (Å²) in [5, 5.41) is 19.1. The molecule has 2 aromatic carbocycles. The maximum Gasteiger partial charge on any atom is 0.272 e. The number of non-ortho nitro benzene ring substituents is 1. The highest BCUT2D eigenvalue weighted by Crippen LogP contribution is 2.36. The third kappa shape index (κ3) is 6.06. The Balaban J connectivity index is 1.56. The van der Waals surface area contributed by atoms with Crippen LogP contribution in [0.3, 0.4) is 0 Å². The van der Waals surface area contributed by atoms with Crippen LogP contribution in [0.4, 0.5) is 5.69 Å². The normalized spacial score (nSPS) is 17.2. The van der Waals surface area contributed by atoms with Crippen LogP contribution in [0.2, 0.25) is 5.02 Å².